The lowest BCUT2D eigenvalue weighted by Crippen LogP contribution is -2.06. The summed E-state index contributed by atoms with van der Waals surface area (Å²) in [6.07, 6.45) is 0. The van der Waals surface area contributed by atoms with Gasteiger partial charge in [-0.3, -0.25) is 0 Å². The molecule has 49 heavy (non-hydrogen) atoms. The second kappa shape index (κ2) is 13.2. The first-order chi connectivity index (χ1) is 23.7. The van der Waals surface area contributed by atoms with Crippen LogP contribution in [0.2, 0.25) is 0 Å². The van der Waals surface area contributed by atoms with E-state index in [0.29, 0.717) is 0 Å². The van der Waals surface area contributed by atoms with Crippen molar-refractivity contribution in [3.63, 3.8) is 0 Å². The van der Waals surface area contributed by atoms with E-state index in [-0.39, 0.29) is 5.92 Å². The topological polar surface area (TPSA) is 29.0 Å². The van der Waals surface area contributed by atoms with Crippen LogP contribution in [0.15, 0.2) is 127 Å². The standard InChI is InChI=1S/C46H45N3/c1-29-25-31(3)44(32(4)26-29)47-38-21-17-35(18-22-38)42(36-19-23-39(24-20-36)48-45-33(5)27-30(2)28-34(45)6)43-40-15-11-12-16-41(40)49(7)46(43)37-13-9-8-10-14-37/h8-28,42,47-48H,1-7H3. The van der Waals surface area contributed by atoms with Gasteiger partial charge in [-0.25, -0.2) is 0 Å². The highest BCUT2D eigenvalue weighted by Gasteiger charge is 2.27. The molecule has 1 heterocycles. The summed E-state index contributed by atoms with van der Waals surface area (Å²) < 4.78 is 2.37. The summed E-state index contributed by atoms with van der Waals surface area (Å²) in [6.45, 7) is 13.0. The Morgan fingerprint density at radius 2 is 0.918 bits per heavy atom. The molecule has 6 aromatic carbocycles. The largest absolute Gasteiger partial charge is 0.355 e. The Morgan fingerprint density at radius 3 is 1.39 bits per heavy atom. The Bertz CT molecular complexity index is 2120. The lowest BCUT2D eigenvalue weighted by atomic mass is 9.82. The molecule has 0 saturated carbocycles. The zero-order valence-electron chi connectivity index (χ0n) is 29.6. The first-order valence-corrected chi connectivity index (χ1v) is 17.2. The fraction of sp³-hybridized carbons (Fsp3) is 0.174. The van der Waals surface area contributed by atoms with Gasteiger partial charge in [0.2, 0.25) is 0 Å². The predicted octanol–water partition coefficient (Wildman–Crippen LogP) is 12.4. The summed E-state index contributed by atoms with van der Waals surface area (Å²) in [5, 5.41) is 8.70. The van der Waals surface area contributed by atoms with Crippen LogP contribution in [0, 0.1) is 41.5 Å². The number of para-hydroxylation sites is 1. The quantitative estimate of drug-likeness (QED) is 0.173. The number of fused-ring (bicyclic) bond motifs is 1. The first-order valence-electron chi connectivity index (χ1n) is 17.2. The van der Waals surface area contributed by atoms with E-state index in [2.05, 4.69) is 191 Å². The summed E-state index contributed by atoms with van der Waals surface area (Å²) in [6, 6.07) is 46.7. The van der Waals surface area contributed by atoms with Gasteiger partial charge in [-0.1, -0.05) is 108 Å². The van der Waals surface area contributed by atoms with Crippen molar-refractivity contribution in [2.24, 2.45) is 7.05 Å². The number of hydrogen-bond donors (Lipinski definition) is 2. The van der Waals surface area contributed by atoms with E-state index in [0.717, 1.165) is 11.4 Å². The second-order valence-corrected chi connectivity index (χ2v) is 13.7. The van der Waals surface area contributed by atoms with E-state index in [9.17, 15) is 0 Å². The van der Waals surface area contributed by atoms with Gasteiger partial charge >= 0.3 is 0 Å². The van der Waals surface area contributed by atoms with Gasteiger partial charge in [0.25, 0.3) is 0 Å². The molecule has 0 fully saturated rings. The maximum Gasteiger partial charge on any atom is 0.0530 e. The Morgan fingerprint density at radius 1 is 0.490 bits per heavy atom. The number of nitrogens with one attached hydrogen (secondary N) is 2. The Labute approximate surface area is 291 Å². The Hall–Kier alpha value is -5.54. The molecule has 0 aliphatic rings. The third kappa shape index (κ3) is 6.25. The number of nitrogens with zero attached hydrogens (tertiary/aromatic N) is 1. The minimum Gasteiger partial charge on any atom is -0.355 e. The summed E-state index contributed by atoms with van der Waals surface area (Å²) in [5.41, 5.74) is 19.6. The zero-order valence-corrected chi connectivity index (χ0v) is 29.6. The van der Waals surface area contributed by atoms with Crippen LogP contribution in [0.5, 0.6) is 0 Å². The third-order valence-electron chi connectivity index (χ3n) is 9.86. The summed E-state index contributed by atoms with van der Waals surface area (Å²) >= 11 is 0. The average Bonchev–Trinajstić information content (AvgIpc) is 3.38. The fourth-order valence-corrected chi connectivity index (χ4v) is 7.75. The predicted molar refractivity (Wildman–Crippen MR) is 210 cm³/mol. The third-order valence-corrected chi connectivity index (χ3v) is 9.86. The van der Waals surface area contributed by atoms with E-state index in [4.69, 9.17) is 0 Å². The van der Waals surface area contributed by atoms with Crippen molar-refractivity contribution in [2.45, 2.75) is 47.5 Å². The molecule has 0 spiro atoms. The molecule has 0 radical (unpaired) electrons. The van der Waals surface area contributed by atoms with E-state index in [1.165, 1.54) is 83.6 Å². The maximum atomic E-state index is 3.72. The van der Waals surface area contributed by atoms with E-state index in [1.54, 1.807) is 0 Å². The molecule has 1 aromatic heterocycles. The molecular formula is C46H45N3. The van der Waals surface area contributed by atoms with Crippen LogP contribution in [-0.2, 0) is 7.05 Å². The number of hydrogen-bond acceptors (Lipinski definition) is 2. The molecular weight excluding hydrogens is 595 g/mol. The van der Waals surface area contributed by atoms with Crippen LogP contribution in [0.1, 0.15) is 56.0 Å². The molecule has 3 nitrogen and oxygen atoms in total. The summed E-state index contributed by atoms with van der Waals surface area (Å²) in [5.74, 6) is 0.00935. The Kier molecular flexibility index (Phi) is 8.60. The van der Waals surface area contributed by atoms with Crippen LogP contribution < -0.4 is 10.6 Å². The minimum atomic E-state index is 0.00935. The molecule has 0 unspecified atom stereocenters. The molecule has 0 amide bonds. The molecule has 2 N–H and O–H groups in total. The van der Waals surface area contributed by atoms with Crippen molar-refractivity contribution in [3.05, 3.63) is 177 Å². The molecule has 0 aliphatic heterocycles. The highest BCUT2D eigenvalue weighted by Crippen LogP contribution is 2.44. The molecule has 7 rings (SSSR count). The van der Waals surface area contributed by atoms with Crippen LogP contribution >= 0.6 is 0 Å². The number of aryl methyl sites for hydroxylation is 7. The van der Waals surface area contributed by atoms with Crippen molar-refractivity contribution in [2.75, 3.05) is 10.6 Å². The molecule has 244 valence electrons. The molecule has 3 heteroatoms. The average molecular weight is 640 g/mol. The lowest BCUT2D eigenvalue weighted by Gasteiger charge is -2.22. The normalized spacial score (nSPS) is 11.3. The SMILES string of the molecule is Cc1cc(C)c(Nc2ccc(C(c3ccc(Nc4c(C)cc(C)cc4C)cc3)c3c(-c4ccccc4)n(C)c4ccccc34)cc2)c(C)c1. The van der Waals surface area contributed by atoms with Crippen LogP contribution in [-0.4, -0.2) is 4.57 Å². The van der Waals surface area contributed by atoms with Gasteiger partial charge in [-0.15, -0.1) is 0 Å². The minimum absolute atomic E-state index is 0.00935. The fourth-order valence-electron chi connectivity index (χ4n) is 7.75. The van der Waals surface area contributed by atoms with Crippen molar-refractivity contribution < 1.29 is 0 Å². The Balaban J connectivity index is 1.35. The van der Waals surface area contributed by atoms with Gasteiger partial charge in [0.05, 0.1) is 5.69 Å². The smallest absolute Gasteiger partial charge is 0.0530 e. The number of aromatic nitrogens is 1. The number of rotatable bonds is 8. The molecule has 0 saturated heterocycles. The molecule has 0 aliphatic carbocycles. The van der Waals surface area contributed by atoms with E-state index in [1.807, 2.05) is 0 Å². The monoisotopic (exact) mass is 639 g/mol. The highest BCUT2D eigenvalue weighted by atomic mass is 15.0. The molecule has 0 bridgehead atoms. The van der Waals surface area contributed by atoms with Gasteiger partial charge < -0.3 is 15.2 Å². The lowest BCUT2D eigenvalue weighted by molar-refractivity contribution is 0.937. The van der Waals surface area contributed by atoms with Gasteiger partial charge in [0, 0.05) is 46.6 Å². The second-order valence-electron chi connectivity index (χ2n) is 13.7. The van der Waals surface area contributed by atoms with Crippen molar-refractivity contribution in [1.82, 2.24) is 4.57 Å². The van der Waals surface area contributed by atoms with Gasteiger partial charge in [0.15, 0.2) is 0 Å². The van der Waals surface area contributed by atoms with Crippen molar-refractivity contribution in [3.8, 4) is 11.3 Å². The molecule has 7 aromatic rings. The number of benzene rings is 6. The zero-order chi connectivity index (χ0) is 34.2. The maximum absolute atomic E-state index is 3.72. The van der Waals surface area contributed by atoms with E-state index >= 15 is 0 Å². The number of anilines is 4. The van der Waals surface area contributed by atoms with Crippen LogP contribution in [0.3, 0.4) is 0 Å². The molecule has 0 atom stereocenters. The first kappa shape index (κ1) is 32.0. The summed E-state index contributed by atoms with van der Waals surface area (Å²) in [7, 11) is 2.20. The van der Waals surface area contributed by atoms with Gasteiger partial charge in [0.1, 0.15) is 0 Å². The van der Waals surface area contributed by atoms with Crippen LogP contribution in [0.25, 0.3) is 22.2 Å². The highest BCUT2D eigenvalue weighted by molar-refractivity contribution is 5.93. The van der Waals surface area contributed by atoms with Crippen LogP contribution in [0.4, 0.5) is 22.7 Å². The van der Waals surface area contributed by atoms with Crippen molar-refractivity contribution in [1.29, 1.82) is 0 Å². The summed E-state index contributed by atoms with van der Waals surface area (Å²) in [4.78, 5) is 0. The van der Waals surface area contributed by atoms with Gasteiger partial charge in [-0.05, 0) is 116 Å². The van der Waals surface area contributed by atoms with Crippen molar-refractivity contribution >= 4 is 33.7 Å². The van der Waals surface area contributed by atoms with E-state index < -0.39 is 0 Å². The van der Waals surface area contributed by atoms with Gasteiger partial charge in [-0.2, -0.15) is 0 Å².